The Morgan fingerprint density at radius 2 is 2.15 bits per heavy atom. The Morgan fingerprint density at radius 1 is 1.46 bits per heavy atom. The highest BCUT2D eigenvalue weighted by molar-refractivity contribution is 5.76. The molecule has 0 aliphatic carbocycles. The van der Waals surface area contributed by atoms with Gasteiger partial charge in [-0.05, 0) is 24.6 Å². The van der Waals surface area contributed by atoms with Gasteiger partial charge in [0.25, 0.3) is 0 Å². The molecule has 0 saturated heterocycles. The lowest BCUT2D eigenvalue weighted by molar-refractivity contribution is 0.474. The zero-order chi connectivity index (χ0) is 9.84. The van der Waals surface area contributed by atoms with Crippen LogP contribution in [0.2, 0.25) is 0 Å². The molecule has 0 heterocycles. The van der Waals surface area contributed by atoms with Crippen molar-refractivity contribution >= 4 is 5.96 Å². The van der Waals surface area contributed by atoms with Crippen molar-refractivity contribution in [3.8, 4) is 5.75 Å². The molecule has 0 aliphatic heterocycles. The Morgan fingerprint density at radius 3 is 2.69 bits per heavy atom. The molecule has 1 rings (SSSR count). The molecular weight excluding hydrogens is 166 g/mol. The second-order valence-corrected chi connectivity index (χ2v) is 2.82. The van der Waals surface area contributed by atoms with E-state index in [4.69, 9.17) is 11.5 Å². The van der Waals surface area contributed by atoms with E-state index in [0.717, 1.165) is 5.56 Å². The Bertz CT molecular complexity index is 318. The molecule has 0 aromatic heterocycles. The van der Waals surface area contributed by atoms with Crippen LogP contribution in [0.25, 0.3) is 0 Å². The number of rotatable bonds is 2. The standard InChI is InChI=1S/C9H13N3O/c1-6(12-9(10)11)7-3-2-4-8(13)5-7/h2-6,13H,1H3,(H4,10,11,12)/t6-/m0/s1. The van der Waals surface area contributed by atoms with Gasteiger partial charge in [0.2, 0.25) is 0 Å². The van der Waals surface area contributed by atoms with Crippen LogP contribution in [0.5, 0.6) is 5.75 Å². The molecule has 1 aromatic rings. The van der Waals surface area contributed by atoms with E-state index in [9.17, 15) is 5.11 Å². The molecule has 0 bridgehead atoms. The second-order valence-electron chi connectivity index (χ2n) is 2.82. The first-order valence-electron chi connectivity index (χ1n) is 3.97. The molecule has 1 atom stereocenters. The third-order valence-electron chi connectivity index (χ3n) is 1.70. The van der Waals surface area contributed by atoms with Gasteiger partial charge < -0.3 is 16.6 Å². The number of aliphatic imine (C=N–C) groups is 1. The number of hydrogen-bond acceptors (Lipinski definition) is 2. The van der Waals surface area contributed by atoms with Crippen LogP contribution in [0.4, 0.5) is 0 Å². The number of benzene rings is 1. The lowest BCUT2D eigenvalue weighted by Gasteiger charge is -2.06. The summed E-state index contributed by atoms with van der Waals surface area (Å²) in [4.78, 5) is 3.95. The summed E-state index contributed by atoms with van der Waals surface area (Å²) in [7, 11) is 0. The number of aromatic hydroxyl groups is 1. The van der Waals surface area contributed by atoms with E-state index in [0.29, 0.717) is 0 Å². The van der Waals surface area contributed by atoms with Gasteiger partial charge in [-0.3, -0.25) is 0 Å². The van der Waals surface area contributed by atoms with Crippen LogP contribution in [0, 0.1) is 0 Å². The van der Waals surface area contributed by atoms with Gasteiger partial charge in [-0.15, -0.1) is 0 Å². The van der Waals surface area contributed by atoms with Crippen LogP contribution in [0.3, 0.4) is 0 Å². The van der Waals surface area contributed by atoms with Crippen molar-refractivity contribution in [1.29, 1.82) is 0 Å². The lowest BCUT2D eigenvalue weighted by Crippen LogP contribution is -2.23. The fourth-order valence-electron chi connectivity index (χ4n) is 1.08. The summed E-state index contributed by atoms with van der Waals surface area (Å²) in [6.07, 6.45) is 0. The Hall–Kier alpha value is -1.71. The third kappa shape index (κ3) is 2.66. The maximum Gasteiger partial charge on any atom is 0.186 e. The van der Waals surface area contributed by atoms with Crippen LogP contribution in [0.1, 0.15) is 18.5 Å². The smallest absolute Gasteiger partial charge is 0.186 e. The predicted octanol–water partition coefficient (Wildman–Crippen LogP) is 0.727. The second kappa shape index (κ2) is 3.80. The lowest BCUT2D eigenvalue weighted by atomic mass is 10.1. The van der Waals surface area contributed by atoms with Gasteiger partial charge in [0.05, 0.1) is 6.04 Å². The van der Waals surface area contributed by atoms with Crippen molar-refractivity contribution in [1.82, 2.24) is 0 Å². The molecule has 4 nitrogen and oxygen atoms in total. The molecule has 0 saturated carbocycles. The van der Waals surface area contributed by atoms with Crippen molar-refractivity contribution in [2.45, 2.75) is 13.0 Å². The van der Waals surface area contributed by atoms with Gasteiger partial charge in [0.15, 0.2) is 5.96 Å². The highest BCUT2D eigenvalue weighted by Crippen LogP contribution is 2.20. The molecule has 70 valence electrons. The van der Waals surface area contributed by atoms with Crippen LogP contribution in [-0.4, -0.2) is 11.1 Å². The average molecular weight is 179 g/mol. The normalized spacial score (nSPS) is 12.1. The molecule has 0 unspecified atom stereocenters. The van der Waals surface area contributed by atoms with Gasteiger partial charge in [0.1, 0.15) is 5.75 Å². The minimum absolute atomic E-state index is 0.0517. The largest absolute Gasteiger partial charge is 0.508 e. The molecule has 0 amide bonds. The summed E-state index contributed by atoms with van der Waals surface area (Å²) < 4.78 is 0. The molecule has 0 spiro atoms. The molecule has 1 aromatic carbocycles. The number of phenols is 1. The van der Waals surface area contributed by atoms with Crippen LogP contribution >= 0.6 is 0 Å². The molecule has 4 heteroatoms. The van der Waals surface area contributed by atoms with E-state index >= 15 is 0 Å². The van der Waals surface area contributed by atoms with E-state index in [1.807, 2.05) is 13.0 Å². The zero-order valence-corrected chi connectivity index (χ0v) is 7.44. The Balaban J connectivity index is 2.89. The summed E-state index contributed by atoms with van der Waals surface area (Å²) >= 11 is 0. The van der Waals surface area contributed by atoms with Gasteiger partial charge in [0, 0.05) is 0 Å². The van der Waals surface area contributed by atoms with E-state index in [2.05, 4.69) is 4.99 Å². The number of hydrogen-bond donors (Lipinski definition) is 3. The van der Waals surface area contributed by atoms with E-state index < -0.39 is 0 Å². The number of nitrogens with two attached hydrogens (primary N) is 2. The van der Waals surface area contributed by atoms with Crippen LogP contribution in [-0.2, 0) is 0 Å². The van der Waals surface area contributed by atoms with Crippen molar-refractivity contribution in [3.63, 3.8) is 0 Å². The molecule has 5 N–H and O–H groups in total. The maximum atomic E-state index is 9.19. The maximum absolute atomic E-state index is 9.19. The number of phenolic OH excluding ortho intramolecular Hbond substituents is 1. The molecule has 0 radical (unpaired) electrons. The van der Waals surface area contributed by atoms with Gasteiger partial charge in [-0.1, -0.05) is 12.1 Å². The summed E-state index contributed by atoms with van der Waals surface area (Å²) in [5.74, 6) is 0.269. The minimum atomic E-state index is -0.128. The SMILES string of the molecule is C[C@H](N=C(N)N)c1cccc(O)c1. The molecule has 13 heavy (non-hydrogen) atoms. The monoisotopic (exact) mass is 179 g/mol. The highest BCUT2D eigenvalue weighted by atomic mass is 16.3. The summed E-state index contributed by atoms with van der Waals surface area (Å²) in [5.41, 5.74) is 11.4. The number of nitrogens with zero attached hydrogens (tertiary/aromatic N) is 1. The number of guanidine groups is 1. The molecule has 0 aliphatic rings. The fourth-order valence-corrected chi connectivity index (χ4v) is 1.08. The van der Waals surface area contributed by atoms with E-state index in [1.165, 1.54) is 0 Å². The van der Waals surface area contributed by atoms with Gasteiger partial charge in [-0.2, -0.15) is 0 Å². The highest BCUT2D eigenvalue weighted by Gasteiger charge is 2.03. The van der Waals surface area contributed by atoms with Crippen molar-refractivity contribution in [2.24, 2.45) is 16.5 Å². The minimum Gasteiger partial charge on any atom is -0.508 e. The fraction of sp³-hybridized carbons (Fsp3) is 0.222. The third-order valence-corrected chi connectivity index (χ3v) is 1.70. The zero-order valence-electron chi connectivity index (χ0n) is 7.44. The summed E-state index contributed by atoms with van der Waals surface area (Å²) in [6.45, 7) is 1.86. The average Bonchev–Trinajstić information content (AvgIpc) is 2.03. The van der Waals surface area contributed by atoms with Gasteiger partial charge in [-0.25, -0.2) is 4.99 Å². The topological polar surface area (TPSA) is 84.6 Å². The van der Waals surface area contributed by atoms with Crippen molar-refractivity contribution in [2.75, 3.05) is 0 Å². The molecular formula is C9H13N3O. The predicted molar refractivity (Wildman–Crippen MR) is 52.3 cm³/mol. The Kier molecular flexibility index (Phi) is 2.74. The first-order chi connectivity index (χ1) is 6.09. The molecule has 0 fully saturated rings. The van der Waals surface area contributed by atoms with E-state index in [1.54, 1.807) is 18.2 Å². The van der Waals surface area contributed by atoms with Gasteiger partial charge >= 0.3 is 0 Å². The quantitative estimate of drug-likeness (QED) is 0.462. The van der Waals surface area contributed by atoms with Crippen molar-refractivity contribution in [3.05, 3.63) is 29.8 Å². The first-order valence-corrected chi connectivity index (χ1v) is 3.97. The summed E-state index contributed by atoms with van der Waals surface area (Å²) in [6, 6.07) is 6.72. The first kappa shape index (κ1) is 9.38. The van der Waals surface area contributed by atoms with Crippen molar-refractivity contribution < 1.29 is 5.11 Å². The van der Waals surface area contributed by atoms with Crippen LogP contribution in [0.15, 0.2) is 29.3 Å². The van der Waals surface area contributed by atoms with E-state index in [-0.39, 0.29) is 17.8 Å². The Labute approximate surface area is 76.9 Å². The summed E-state index contributed by atoms with van der Waals surface area (Å²) in [5, 5.41) is 9.19. The van der Waals surface area contributed by atoms with Crippen LogP contribution < -0.4 is 11.5 Å².